The molecule has 1 aliphatic heterocycles. The summed E-state index contributed by atoms with van der Waals surface area (Å²) < 4.78 is 0. The zero-order valence-corrected chi connectivity index (χ0v) is 14.1. The molecule has 0 unspecified atom stereocenters. The fraction of sp³-hybridized carbons (Fsp3) is 0.316. The Morgan fingerprint density at radius 1 is 0.870 bits per heavy atom. The molecule has 0 spiro atoms. The second-order valence-corrected chi connectivity index (χ2v) is 6.16. The molecule has 3 nitrogen and oxygen atoms in total. The number of nitrogens with one attached hydrogen (secondary N) is 1. The van der Waals surface area contributed by atoms with Crippen molar-refractivity contribution in [2.45, 2.75) is 6.42 Å². The van der Waals surface area contributed by atoms with Crippen molar-refractivity contribution in [3.63, 3.8) is 0 Å². The molecular weight excluding hydrogens is 302 g/mol. The van der Waals surface area contributed by atoms with Crippen molar-refractivity contribution < 1.29 is 0 Å². The van der Waals surface area contributed by atoms with E-state index in [2.05, 4.69) is 69.7 Å². The lowest BCUT2D eigenvalue weighted by Crippen LogP contribution is -2.52. The van der Waals surface area contributed by atoms with E-state index in [9.17, 15) is 0 Å². The van der Waals surface area contributed by atoms with E-state index in [0.29, 0.717) is 0 Å². The highest BCUT2D eigenvalue weighted by Crippen LogP contribution is 2.15. The van der Waals surface area contributed by atoms with Crippen molar-refractivity contribution in [2.24, 2.45) is 0 Å². The monoisotopic (exact) mass is 325 g/mol. The van der Waals surface area contributed by atoms with Crippen molar-refractivity contribution in [3.05, 3.63) is 66.2 Å². The first kappa shape index (κ1) is 15.8. The number of para-hydroxylation sites is 1. The lowest BCUT2D eigenvalue weighted by atomic mass is 10.1. The number of anilines is 1. The molecule has 2 aromatic rings. The van der Waals surface area contributed by atoms with Gasteiger partial charge in [0.25, 0.3) is 0 Å². The fourth-order valence-electron chi connectivity index (χ4n) is 2.88. The van der Waals surface area contributed by atoms with E-state index in [1.807, 2.05) is 6.07 Å². The Hall–Kier alpha value is -2.07. The molecule has 120 valence electrons. The molecule has 0 amide bonds. The van der Waals surface area contributed by atoms with Gasteiger partial charge in [-0.15, -0.1) is 0 Å². The summed E-state index contributed by atoms with van der Waals surface area (Å²) in [5, 5.41) is 4.28. The molecule has 0 saturated carbocycles. The lowest BCUT2D eigenvalue weighted by molar-refractivity contribution is 0.380. The van der Waals surface area contributed by atoms with Crippen LogP contribution in [0.5, 0.6) is 0 Å². The second kappa shape index (κ2) is 7.97. The molecule has 1 N–H and O–H groups in total. The van der Waals surface area contributed by atoms with Crippen LogP contribution < -0.4 is 10.2 Å². The average molecular weight is 325 g/mol. The Kier molecular flexibility index (Phi) is 5.48. The van der Waals surface area contributed by atoms with Gasteiger partial charge in [0.2, 0.25) is 0 Å². The molecular formula is C19H23N3S. The first-order valence-corrected chi connectivity index (χ1v) is 8.60. The molecule has 0 bridgehead atoms. The number of benzene rings is 2. The Morgan fingerprint density at radius 3 is 2.13 bits per heavy atom. The van der Waals surface area contributed by atoms with E-state index in [1.54, 1.807) is 0 Å². The van der Waals surface area contributed by atoms with Gasteiger partial charge in [-0.2, -0.15) is 0 Å². The van der Waals surface area contributed by atoms with Crippen molar-refractivity contribution >= 4 is 23.0 Å². The average Bonchev–Trinajstić information content (AvgIpc) is 2.63. The lowest BCUT2D eigenvalue weighted by Gasteiger charge is -2.37. The predicted octanol–water partition coefficient (Wildman–Crippen LogP) is 2.93. The van der Waals surface area contributed by atoms with Crippen LogP contribution in [0.25, 0.3) is 0 Å². The molecule has 4 heteroatoms. The number of thiocarbonyl (C=S) groups is 1. The number of hydrogen-bond acceptors (Lipinski definition) is 2. The van der Waals surface area contributed by atoms with Gasteiger partial charge >= 0.3 is 0 Å². The van der Waals surface area contributed by atoms with Crippen LogP contribution in [0.2, 0.25) is 0 Å². The molecule has 1 fully saturated rings. The van der Waals surface area contributed by atoms with Crippen LogP contribution in [0.1, 0.15) is 5.56 Å². The zero-order valence-electron chi connectivity index (χ0n) is 13.3. The minimum Gasteiger partial charge on any atom is -0.368 e. The number of rotatable bonds is 4. The molecule has 1 heterocycles. The third kappa shape index (κ3) is 4.45. The van der Waals surface area contributed by atoms with E-state index >= 15 is 0 Å². The van der Waals surface area contributed by atoms with Crippen molar-refractivity contribution in [3.8, 4) is 0 Å². The van der Waals surface area contributed by atoms with Gasteiger partial charge in [-0.05, 0) is 36.3 Å². The van der Waals surface area contributed by atoms with Gasteiger partial charge in [0.05, 0.1) is 0 Å². The second-order valence-electron chi connectivity index (χ2n) is 5.78. The summed E-state index contributed by atoms with van der Waals surface area (Å²) >= 11 is 5.54. The van der Waals surface area contributed by atoms with Crippen LogP contribution in [-0.2, 0) is 6.42 Å². The summed E-state index contributed by atoms with van der Waals surface area (Å²) in [7, 11) is 0. The third-order valence-electron chi connectivity index (χ3n) is 4.22. The number of piperazine rings is 1. The number of nitrogens with zero attached hydrogens (tertiary/aromatic N) is 2. The Bertz CT molecular complexity index is 607. The summed E-state index contributed by atoms with van der Waals surface area (Å²) in [6.45, 7) is 4.88. The first-order valence-electron chi connectivity index (χ1n) is 8.19. The molecule has 3 rings (SSSR count). The maximum absolute atomic E-state index is 5.54. The first-order chi connectivity index (χ1) is 11.3. The van der Waals surface area contributed by atoms with Gasteiger partial charge < -0.3 is 15.1 Å². The van der Waals surface area contributed by atoms with Crippen LogP contribution in [-0.4, -0.2) is 42.7 Å². The van der Waals surface area contributed by atoms with Crippen molar-refractivity contribution in [1.29, 1.82) is 0 Å². The van der Waals surface area contributed by atoms with Crippen LogP contribution in [0, 0.1) is 0 Å². The highest BCUT2D eigenvalue weighted by atomic mass is 32.1. The maximum atomic E-state index is 5.54. The van der Waals surface area contributed by atoms with Gasteiger partial charge in [-0.25, -0.2) is 0 Å². The van der Waals surface area contributed by atoms with Gasteiger partial charge in [0.1, 0.15) is 0 Å². The fourth-order valence-corrected chi connectivity index (χ4v) is 3.16. The van der Waals surface area contributed by atoms with Gasteiger partial charge in [0, 0.05) is 38.4 Å². The third-order valence-corrected chi connectivity index (χ3v) is 4.62. The highest BCUT2D eigenvalue weighted by Gasteiger charge is 2.18. The molecule has 1 saturated heterocycles. The van der Waals surface area contributed by atoms with Crippen molar-refractivity contribution in [2.75, 3.05) is 37.6 Å². The molecule has 0 aromatic heterocycles. The largest absolute Gasteiger partial charge is 0.368 e. The Balaban J connectivity index is 1.41. The summed E-state index contributed by atoms with van der Waals surface area (Å²) in [5.41, 5.74) is 2.65. The van der Waals surface area contributed by atoms with Crippen LogP contribution in [0.15, 0.2) is 60.7 Å². The van der Waals surface area contributed by atoms with E-state index < -0.39 is 0 Å². The zero-order chi connectivity index (χ0) is 15.9. The quantitative estimate of drug-likeness (QED) is 0.871. The van der Waals surface area contributed by atoms with Crippen molar-refractivity contribution in [1.82, 2.24) is 10.2 Å². The number of hydrogen-bond donors (Lipinski definition) is 1. The van der Waals surface area contributed by atoms with Crippen LogP contribution in [0.3, 0.4) is 0 Å². The molecule has 0 aliphatic carbocycles. The topological polar surface area (TPSA) is 18.5 Å². The Morgan fingerprint density at radius 2 is 1.48 bits per heavy atom. The van der Waals surface area contributed by atoms with Gasteiger partial charge in [-0.1, -0.05) is 48.5 Å². The summed E-state index contributed by atoms with van der Waals surface area (Å²) in [5.74, 6) is 0. The maximum Gasteiger partial charge on any atom is 0.169 e. The molecule has 23 heavy (non-hydrogen) atoms. The molecule has 1 aliphatic rings. The van der Waals surface area contributed by atoms with Gasteiger partial charge in [0.15, 0.2) is 5.11 Å². The summed E-state index contributed by atoms with van der Waals surface area (Å²) in [4.78, 5) is 4.70. The minimum absolute atomic E-state index is 0.883. The molecule has 0 radical (unpaired) electrons. The van der Waals surface area contributed by atoms with E-state index in [4.69, 9.17) is 12.2 Å². The van der Waals surface area contributed by atoms with E-state index in [-0.39, 0.29) is 0 Å². The molecule has 0 atom stereocenters. The Labute approximate surface area is 143 Å². The summed E-state index contributed by atoms with van der Waals surface area (Å²) in [6.07, 6.45) is 1.00. The van der Waals surface area contributed by atoms with Gasteiger partial charge in [-0.3, -0.25) is 0 Å². The molecule has 2 aromatic carbocycles. The SMILES string of the molecule is S=C(NCCc1ccccc1)N1CCN(c2ccccc2)CC1. The minimum atomic E-state index is 0.883. The predicted molar refractivity (Wildman–Crippen MR) is 101 cm³/mol. The smallest absolute Gasteiger partial charge is 0.169 e. The highest BCUT2D eigenvalue weighted by molar-refractivity contribution is 7.80. The van der Waals surface area contributed by atoms with E-state index in [1.165, 1.54) is 11.3 Å². The standard InChI is InChI=1S/C19H23N3S/c23-19(20-12-11-17-7-3-1-4-8-17)22-15-13-21(14-16-22)18-9-5-2-6-10-18/h1-10H,11-16H2,(H,20,23). The normalized spacial score (nSPS) is 14.6. The summed E-state index contributed by atoms with van der Waals surface area (Å²) in [6, 6.07) is 21.1. The van der Waals surface area contributed by atoms with E-state index in [0.717, 1.165) is 44.3 Å². The van der Waals surface area contributed by atoms with Crippen LogP contribution >= 0.6 is 12.2 Å². The van der Waals surface area contributed by atoms with Crippen LogP contribution in [0.4, 0.5) is 5.69 Å².